The molecule has 0 saturated heterocycles. The summed E-state index contributed by atoms with van der Waals surface area (Å²) in [6.07, 6.45) is 7.30. The summed E-state index contributed by atoms with van der Waals surface area (Å²) in [6, 6.07) is 10.8. The van der Waals surface area contributed by atoms with Crippen LogP contribution in [0.25, 0.3) is 0 Å². The van der Waals surface area contributed by atoms with Gasteiger partial charge >= 0.3 is 0 Å². The number of hydrogen-bond acceptors (Lipinski definition) is 2. The molecule has 102 valence electrons. The predicted octanol–water partition coefficient (Wildman–Crippen LogP) is 2.75. The van der Waals surface area contributed by atoms with Crippen molar-refractivity contribution in [3.63, 3.8) is 0 Å². The Morgan fingerprint density at radius 2 is 2.05 bits per heavy atom. The molecule has 0 aliphatic carbocycles. The zero-order valence-corrected chi connectivity index (χ0v) is 11.8. The first-order chi connectivity index (χ1) is 9.31. The molecule has 1 aromatic heterocycles. The number of rotatable bonds is 7. The van der Waals surface area contributed by atoms with E-state index in [1.54, 1.807) is 0 Å². The van der Waals surface area contributed by atoms with Gasteiger partial charge in [-0.2, -0.15) is 0 Å². The van der Waals surface area contributed by atoms with E-state index in [1.807, 2.05) is 19.4 Å². The Hall–Kier alpha value is -1.61. The van der Waals surface area contributed by atoms with Crippen LogP contribution in [0.1, 0.15) is 30.1 Å². The van der Waals surface area contributed by atoms with Gasteiger partial charge in [-0.15, -0.1) is 0 Å². The van der Waals surface area contributed by atoms with Crippen LogP contribution in [0, 0.1) is 0 Å². The minimum atomic E-state index is 0.589. The highest BCUT2D eigenvalue weighted by Crippen LogP contribution is 2.21. The average Bonchev–Trinajstić information content (AvgIpc) is 2.84. The SMILES string of the molecule is CNCC(CCCc1nccn1C)c1ccccc1. The van der Waals surface area contributed by atoms with Crippen LogP contribution in [-0.2, 0) is 13.5 Å². The van der Waals surface area contributed by atoms with Gasteiger partial charge in [0.2, 0.25) is 0 Å². The number of aryl methyl sites for hydroxylation is 2. The fraction of sp³-hybridized carbons (Fsp3) is 0.438. The van der Waals surface area contributed by atoms with Crippen molar-refractivity contribution in [1.82, 2.24) is 14.9 Å². The van der Waals surface area contributed by atoms with Gasteiger partial charge in [0.05, 0.1) is 0 Å². The smallest absolute Gasteiger partial charge is 0.108 e. The van der Waals surface area contributed by atoms with Crippen LogP contribution in [0.15, 0.2) is 42.7 Å². The molecule has 1 heterocycles. The van der Waals surface area contributed by atoms with E-state index < -0.39 is 0 Å². The molecule has 0 saturated carbocycles. The molecule has 0 radical (unpaired) electrons. The molecule has 0 amide bonds. The van der Waals surface area contributed by atoms with Crippen molar-refractivity contribution < 1.29 is 0 Å². The summed E-state index contributed by atoms with van der Waals surface area (Å²) in [5.41, 5.74) is 1.43. The fourth-order valence-electron chi connectivity index (χ4n) is 2.50. The van der Waals surface area contributed by atoms with Crippen LogP contribution in [0.3, 0.4) is 0 Å². The zero-order valence-electron chi connectivity index (χ0n) is 11.8. The highest BCUT2D eigenvalue weighted by molar-refractivity contribution is 5.19. The summed E-state index contributed by atoms with van der Waals surface area (Å²) in [5.74, 6) is 1.77. The second-order valence-corrected chi connectivity index (χ2v) is 5.01. The van der Waals surface area contributed by atoms with Gasteiger partial charge in [-0.1, -0.05) is 30.3 Å². The topological polar surface area (TPSA) is 29.9 Å². The molecular weight excluding hydrogens is 234 g/mol. The van der Waals surface area contributed by atoms with E-state index in [9.17, 15) is 0 Å². The molecule has 19 heavy (non-hydrogen) atoms. The van der Waals surface area contributed by atoms with E-state index in [-0.39, 0.29) is 0 Å². The first-order valence-electron chi connectivity index (χ1n) is 6.97. The van der Waals surface area contributed by atoms with Gasteiger partial charge in [-0.25, -0.2) is 4.98 Å². The minimum Gasteiger partial charge on any atom is -0.338 e. The maximum Gasteiger partial charge on any atom is 0.108 e. The van der Waals surface area contributed by atoms with Crippen molar-refractivity contribution in [2.75, 3.05) is 13.6 Å². The molecule has 2 aromatic rings. The van der Waals surface area contributed by atoms with Gasteiger partial charge in [0.1, 0.15) is 5.82 Å². The Balaban J connectivity index is 1.89. The minimum absolute atomic E-state index is 0.589. The molecule has 3 nitrogen and oxygen atoms in total. The molecule has 0 fully saturated rings. The highest BCUT2D eigenvalue weighted by Gasteiger charge is 2.10. The summed E-state index contributed by atoms with van der Waals surface area (Å²) in [5, 5.41) is 3.30. The Labute approximate surface area is 115 Å². The second kappa shape index (κ2) is 7.10. The number of nitrogens with one attached hydrogen (secondary N) is 1. The number of hydrogen-bond donors (Lipinski definition) is 1. The van der Waals surface area contributed by atoms with Crippen molar-refractivity contribution in [2.45, 2.75) is 25.2 Å². The Kier molecular flexibility index (Phi) is 5.16. The number of aromatic nitrogens is 2. The average molecular weight is 257 g/mol. The Morgan fingerprint density at radius 1 is 1.26 bits per heavy atom. The van der Waals surface area contributed by atoms with Gasteiger partial charge in [-0.05, 0) is 31.4 Å². The zero-order chi connectivity index (χ0) is 13.5. The van der Waals surface area contributed by atoms with Crippen LogP contribution < -0.4 is 5.32 Å². The van der Waals surface area contributed by atoms with E-state index in [0.29, 0.717) is 5.92 Å². The number of nitrogens with zero attached hydrogens (tertiary/aromatic N) is 2. The molecule has 1 aromatic carbocycles. The highest BCUT2D eigenvalue weighted by atomic mass is 15.0. The van der Waals surface area contributed by atoms with E-state index in [4.69, 9.17) is 0 Å². The van der Waals surface area contributed by atoms with Crippen LogP contribution in [0.4, 0.5) is 0 Å². The maximum absolute atomic E-state index is 4.38. The third-order valence-electron chi connectivity index (χ3n) is 3.60. The molecule has 0 aliphatic rings. The van der Waals surface area contributed by atoms with E-state index in [1.165, 1.54) is 24.2 Å². The normalized spacial score (nSPS) is 12.5. The Morgan fingerprint density at radius 3 is 2.68 bits per heavy atom. The molecule has 0 spiro atoms. The van der Waals surface area contributed by atoms with E-state index in [0.717, 1.165) is 13.0 Å². The molecule has 0 aliphatic heterocycles. The fourth-order valence-corrected chi connectivity index (χ4v) is 2.50. The van der Waals surface area contributed by atoms with Crippen LogP contribution in [0.5, 0.6) is 0 Å². The van der Waals surface area contributed by atoms with E-state index >= 15 is 0 Å². The Bertz CT molecular complexity index is 476. The lowest BCUT2D eigenvalue weighted by atomic mass is 9.93. The third kappa shape index (κ3) is 3.93. The predicted molar refractivity (Wildman–Crippen MR) is 79.3 cm³/mol. The number of likely N-dealkylation sites (N-methyl/N-ethyl adjacent to an activating group) is 1. The monoisotopic (exact) mass is 257 g/mol. The van der Waals surface area contributed by atoms with Crippen LogP contribution >= 0.6 is 0 Å². The lowest BCUT2D eigenvalue weighted by molar-refractivity contribution is 0.551. The lowest BCUT2D eigenvalue weighted by Crippen LogP contribution is -2.17. The first kappa shape index (κ1) is 13.8. The summed E-state index contributed by atoms with van der Waals surface area (Å²) in [7, 11) is 4.08. The van der Waals surface area contributed by atoms with Crippen molar-refractivity contribution in [3.05, 3.63) is 54.1 Å². The summed E-state index contributed by atoms with van der Waals surface area (Å²) in [4.78, 5) is 4.38. The number of imidazole rings is 1. The molecule has 3 heteroatoms. The van der Waals surface area contributed by atoms with Gasteiger partial charge in [0.15, 0.2) is 0 Å². The summed E-state index contributed by atoms with van der Waals surface area (Å²) in [6.45, 7) is 1.03. The second-order valence-electron chi connectivity index (χ2n) is 5.01. The molecule has 2 rings (SSSR count). The molecular formula is C16H23N3. The van der Waals surface area contributed by atoms with Crippen molar-refractivity contribution in [2.24, 2.45) is 7.05 Å². The first-order valence-corrected chi connectivity index (χ1v) is 6.97. The standard InChI is InChI=1S/C16H23N3/c1-17-13-15(14-7-4-3-5-8-14)9-6-10-16-18-11-12-19(16)2/h3-5,7-8,11-12,15,17H,6,9-10,13H2,1-2H3. The molecule has 1 N–H and O–H groups in total. The quantitative estimate of drug-likeness (QED) is 0.826. The molecule has 1 unspecified atom stereocenters. The number of benzene rings is 1. The third-order valence-corrected chi connectivity index (χ3v) is 3.60. The van der Waals surface area contributed by atoms with Gasteiger partial charge < -0.3 is 9.88 Å². The summed E-state index contributed by atoms with van der Waals surface area (Å²) >= 11 is 0. The molecule has 1 atom stereocenters. The van der Waals surface area contributed by atoms with Crippen LogP contribution in [-0.4, -0.2) is 23.1 Å². The lowest BCUT2D eigenvalue weighted by Gasteiger charge is -2.16. The van der Waals surface area contributed by atoms with Gasteiger partial charge in [0, 0.05) is 32.4 Å². The summed E-state index contributed by atoms with van der Waals surface area (Å²) < 4.78 is 2.11. The van der Waals surface area contributed by atoms with E-state index in [2.05, 4.69) is 52.2 Å². The largest absolute Gasteiger partial charge is 0.338 e. The van der Waals surface area contributed by atoms with Gasteiger partial charge in [0.25, 0.3) is 0 Å². The van der Waals surface area contributed by atoms with Crippen molar-refractivity contribution in [3.8, 4) is 0 Å². The van der Waals surface area contributed by atoms with Gasteiger partial charge in [-0.3, -0.25) is 0 Å². The van der Waals surface area contributed by atoms with Crippen molar-refractivity contribution in [1.29, 1.82) is 0 Å². The maximum atomic E-state index is 4.38. The van der Waals surface area contributed by atoms with Crippen LogP contribution in [0.2, 0.25) is 0 Å². The van der Waals surface area contributed by atoms with Crippen molar-refractivity contribution >= 4 is 0 Å². The molecule has 0 bridgehead atoms.